The Labute approximate surface area is 181 Å². The van der Waals surface area contributed by atoms with Gasteiger partial charge in [0.25, 0.3) is 0 Å². The highest BCUT2D eigenvalue weighted by Crippen LogP contribution is 2.28. The van der Waals surface area contributed by atoms with Crippen molar-refractivity contribution < 1.29 is 9.47 Å². The summed E-state index contributed by atoms with van der Waals surface area (Å²) < 4.78 is 10.6. The standard InChI is InChI=1S/C23H23ClN4O2/c1-29-22-3-2-16(10-20(22)24)13-26-21-11-17(12-25)8-19-9-18(14-27-23(19)21)15-28-4-6-30-7-5-28/h2-3,8-11,14,26H,4-7,13,15H2,1H3. The van der Waals surface area contributed by atoms with E-state index in [0.717, 1.165) is 60.6 Å². The van der Waals surface area contributed by atoms with E-state index in [1.165, 1.54) is 0 Å². The minimum absolute atomic E-state index is 0.560. The highest BCUT2D eigenvalue weighted by molar-refractivity contribution is 6.32. The van der Waals surface area contributed by atoms with Gasteiger partial charge in [-0.05, 0) is 41.5 Å². The van der Waals surface area contributed by atoms with E-state index in [4.69, 9.17) is 26.1 Å². The van der Waals surface area contributed by atoms with Gasteiger partial charge in [-0.1, -0.05) is 17.7 Å². The summed E-state index contributed by atoms with van der Waals surface area (Å²) in [5.41, 5.74) is 4.42. The van der Waals surface area contributed by atoms with Crippen LogP contribution in [0.1, 0.15) is 16.7 Å². The number of ether oxygens (including phenoxy) is 2. The van der Waals surface area contributed by atoms with E-state index in [1.54, 1.807) is 7.11 Å². The topological polar surface area (TPSA) is 70.4 Å². The molecule has 1 N–H and O–H groups in total. The molecule has 2 heterocycles. The van der Waals surface area contributed by atoms with Gasteiger partial charge in [0, 0.05) is 37.8 Å². The molecule has 0 radical (unpaired) electrons. The van der Waals surface area contributed by atoms with Gasteiger partial charge in [-0.3, -0.25) is 9.88 Å². The lowest BCUT2D eigenvalue weighted by Crippen LogP contribution is -2.35. The molecule has 154 valence electrons. The normalized spacial score (nSPS) is 14.4. The molecule has 6 nitrogen and oxygen atoms in total. The second kappa shape index (κ2) is 9.31. The summed E-state index contributed by atoms with van der Waals surface area (Å²) in [6.07, 6.45) is 1.92. The molecule has 1 aliphatic rings. The van der Waals surface area contributed by atoms with Gasteiger partial charge in [0.15, 0.2) is 0 Å². The number of anilines is 1. The molecule has 1 aromatic heterocycles. The second-order valence-electron chi connectivity index (χ2n) is 7.26. The molecule has 0 amide bonds. The van der Waals surface area contributed by atoms with Gasteiger partial charge in [-0.25, -0.2) is 0 Å². The Hall–Kier alpha value is -2.85. The molecule has 0 atom stereocenters. The largest absolute Gasteiger partial charge is 0.495 e. The predicted molar refractivity (Wildman–Crippen MR) is 118 cm³/mol. The van der Waals surface area contributed by atoms with Gasteiger partial charge in [0.05, 0.1) is 48.2 Å². The van der Waals surface area contributed by atoms with E-state index in [0.29, 0.717) is 22.9 Å². The fourth-order valence-corrected chi connectivity index (χ4v) is 3.90. The van der Waals surface area contributed by atoms with Gasteiger partial charge >= 0.3 is 0 Å². The summed E-state index contributed by atoms with van der Waals surface area (Å²) >= 11 is 6.23. The fraction of sp³-hybridized carbons (Fsp3) is 0.304. The predicted octanol–water partition coefficient (Wildman–Crippen LogP) is 4.21. The van der Waals surface area contributed by atoms with Crippen LogP contribution in [0.15, 0.2) is 42.6 Å². The van der Waals surface area contributed by atoms with Crippen LogP contribution in [0.3, 0.4) is 0 Å². The van der Waals surface area contributed by atoms with E-state index in [9.17, 15) is 5.26 Å². The number of morpholine rings is 1. The number of methoxy groups -OCH3 is 1. The van der Waals surface area contributed by atoms with Crippen LogP contribution in [0.4, 0.5) is 5.69 Å². The van der Waals surface area contributed by atoms with Gasteiger partial charge in [0.2, 0.25) is 0 Å². The van der Waals surface area contributed by atoms with Gasteiger partial charge in [-0.2, -0.15) is 5.26 Å². The maximum absolute atomic E-state index is 9.48. The number of rotatable bonds is 6. The van der Waals surface area contributed by atoms with Crippen molar-refractivity contribution >= 4 is 28.2 Å². The van der Waals surface area contributed by atoms with Crippen LogP contribution in [-0.4, -0.2) is 43.3 Å². The third kappa shape index (κ3) is 4.65. The van der Waals surface area contributed by atoms with E-state index < -0.39 is 0 Å². The Bertz CT molecular complexity index is 1090. The molecule has 1 saturated heterocycles. The molecule has 0 spiro atoms. The van der Waals surface area contributed by atoms with E-state index in [-0.39, 0.29) is 0 Å². The summed E-state index contributed by atoms with van der Waals surface area (Å²) in [5.74, 6) is 0.645. The van der Waals surface area contributed by atoms with Crippen molar-refractivity contribution in [2.75, 3.05) is 38.7 Å². The number of halogens is 1. The molecule has 1 aliphatic heterocycles. The second-order valence-corrected chi connectivity index (χ2v) is 7.67. The number of hydrogen-bond acceptors (Lipinski definition) is 6. The Morgan fingerprint density at radius 1 is 1.20 bits per heavy atom. The average molecular weight is 423 g/mol. The Morgan fingerprint density at radius 3 is 2.77 bits per heavy atom. The zero-order chi connectivity index (χ0) is 20.9. The molecule has 2 aromatic carbocycles. The molecule has 7 heteroatoms. The maximum Gasteiger partial charge on any atom is 0.137 e. The summed E-state index contributed by atoms with van der Waals surface area (Å²) in [4.78, 5) is 7.06. The summed E-state index contributed by atoms with van der Waals surface area (Å²) in [5, 5.41) is 14.4. The van der Waals surface area contributed by atoms with Gasteiger partial charge < -0.3 is 14.8 Å². The first kappa shape index (κ1) is 20.4. The molecular weight excluding hydrogens is 400 g/mol. The third-order valence-electron chi connectivity index (χ3n) is 5.18. The van der Waals surface area contributed by atoms with Crippen molar-refractivity contribution in [3.8, 4) is 11.8 Å². The van der Waals surface area contributed by atoms with Crippen LogP contribution in [0.25, 0.3) is 10.9 Å². The van der Waals surface area contributed by atoms with E-state index in [1.807, 2.05) is 36.5 Å². The highest BCUT2D eigenvalue weighted by Gasteiger charge is 2.13. The van der Waals surface area contributed by atoms with Crippen LogP contribution in [0, 0.1) is 11.3 Å². The smallest absolute Gasteiger partial charge is 0.137 e. The third-order valence-corrected chi connectivity index (χ3v) is 5.47. The van der Waals surface area contributed by atoms with E-state index >= 15 is 0 Å². The number of nitrogens with one attached hydrogen (secondary N) is 1. The van der Waals surface area contributed by atoms with Crippen molar-refractivity contribution in [1.82, 2.24) is 9.88 Å². The van der Waals surface area contributed by atoms with Crippen molar-refractivity contribution in [2.45, 2.75) is 13.1 Å². The highest BCUT2D eigenvalue weighted by atomic mass is 35.5. The molecule has 0 bridgehead atoms. The van der Waals surface area contributed by atoms with Crippen molar-refractivity contribution in [2.24, 2.45) is 0 Å². The first-order valence-electron chi connectivity index (χ1n) is 9.85. The number of aromatic nitrogens is 1. The van der Waals surface area contributed by atoms with Crippen LogP contribution < -0.4 is 10.1 Å². The van der Waals surface area contributed by atoms with Crippen LogP contribution >= 0.6 is 11.6 Å². The van der Waals surface area contributed by atoms with Crippen molar-refractivity contribution in [1.29, 1.82) is 5.26 Å². The summed E-state index contributed by atoms with van der Waals surface area (Å²) in [6.45, 7) is 4.77. The Balaban J connectivity index is 1.57. The van der Waals surface area contributed by atoms with Crippen molar-refractivity contribution in [3.05, 3.63) is 64.3 Å². The molecular formula is C23H23ClN4O2. The molecule has 30 heavy (non-hydrogen) atoms. The van der Waals surface area contributed by atoms with Crippen LogP contribution in [0.5, 0.6) is 5.75 Å². The lowest BCUT2D eigenvalue weighted by Gasteiger charge is -2.26. The fourth-order valence-electron chi connectivity index (χ4n) is 3.62. The lowest BCUT2D eigenvalue weighted by molar-refractivity contribution is 0.0341. The zero-order valence-corrected chi connectivity index (χ0v) is 17.6. The van der Waals surface area contributed by atoms with Crippen molar-refractivity contribution in [3.63, 3.8) is 0 Å². The molecule has 0 aliphatic carbocycles. The Morgan fingerprint density at radius 2 is 2.03 bits per heavy atom. The molecule has 0 saturated carbocycles. The number of fused-ring (bicyclic) bond motifs is 1. The van der Waals surface area contributed by atoms with Crippen LogP contribution in [-0.2, 0) is 17.8 Å². The monoisotopic (exact) mass is 422 g/mol. The number of nitrogens with zero attached hydrogens (tertiary/aromatic N) is 3. The van der Waals surface area contributed by atoms with Gasteiger partial charge in [0.1, 0.15) is 5.75 Å². The summed E-state index contributed by atoms with van der Waals surface area (Å²) in [6, 6.07) is 13.8. The maximum atomic E-state index is 9.48. The quantitative estimate of drug-likeness (QED) is 0.641. The molecule has 0 unspecified atom stereocenters. The number of pyridine rings is 1. The Kier molecular flexibility index (Phi) is 6.34. The number of hydrogen-bond donors (Lipinski definition) is 1. The first-order valence-corrected chi connectivity index (χ1v) is 10.2. The molecule has 3 aromatic rings. The number of benzene rings is 2. The van der Waals surface area contributed by atoms with Crippen LogP contribution in [0.2, 0.25) is 5.02 Å². The SMILES string of the molecule is COc1ccc(CNc2cc(C#N)cc3cc(CN4CCOCC4)cnc23)cc1Cl. The zero-order valence-electron chi connectivity index (χ0n) is 16.8. The number of nitriles is 1. The average Bonchev–Trinajstić information content (AvgIpc) is 2.77. The minimum Gasteiger partial charge on any atom is -0.495 e. The molecule has 4 rings (SSSR count). The lowest BCUT2D eigenvalue weighted by atomic mass is 10.1. The van der Waals surface area contributed by atoms with E-state index in [2.05, 4.69) is 22.4 Å². The minimum atomic E-state index is 0.560. The van der Waals surface area contributed by atoms with Gasteiger partial charge in [-0.15, -0.1) is 0 Å². The first-order chi connectivity index (χ1) is 14.7. The molecule has 1 fully saturated rings. The summed E-state index contributed by atoms with van der Waals surface area (Å²) in [7, 11) is 1.59.